The van der Waals surface area contributed by atoms with Crippen molar-refractivity contribution >= 4 is 28.3 Å². The summed E-state index contributed by atoms with van der Waals surface area (Å²) in [6.45, 7) is 2.33. The number of nitrogens with zero attached hydrogens (tertiary/aromatic N) is 1. The normalized spacial score (nSPS) is 14.5. The van der Waals surface area contributed by atoms with Crippen molar-refractivity contribution in [1.29, 1.82) is 5.26 Å². The van der Waals surface area contributed by atoms with E-state index in [4.69, 9.17) is 0 Å². The molecule has 1 aliphatic carbocycles. The van der Waals surface area contributed by atoms with Gasteiger partial charge in [-0.1, -0.05) is 165 Å². The van der Waals surface area contributed by atoms with Crippen molar-refractivity contribution in [2.75, 3.05) is 10.6 Å². The van der Waals surface area contributed by atoms with Gasteiger partial charge in [-0.3, -0.25) is 0 Å². The molecule has 0 fully saturated rings. The molecule has 0 heterocycles. The highest BCUT2D eigenvalue weighted by Gasteiger charge is 2.22. The van der Waals surface area contributed by atoms with Crippen molar-refractivity contribution < 1.29 is 0 Å². The molecule has 3 heteroatoms. The Labute approximate surface area is 347 Å². The Morgan fingerprint density at radius 3 is 1.61 bits per heavy atom. The lowest BCUT2D eigenvalue weighted by molar-refractivity contribution is 0.638. The van der Waals surface area contributed by atoms with E-state index in [9.17, 15) is 5.26 Å². The first-order chi connectivity index (χ1) is 29.1. The van der Waals surface area contributed by atoms with Crippen LogP contribution in [-0.4, -0.2) is 0 Å². The topological polar surface area (TPSA) is 47.9 Å². The highest BCUT2D eigenvalue weighted by Crippen LogP contribution is 2.41. The lowest BCUT2D eigenvalue weighted by atomic mass is 9.80. The van der Waals surface area contributed by atoms with Crippen molar-refractivity contribution in [2.24, 2.45) is 5.92 Å². The number of nitrogens with one attached hydrogen (secondary N) is 2. The number of allylic oxidation sites excluding steroid dienone is 4. The summed E-state index contributed by atoms with van der Waals surface area (Å²) in [6, 6.07) is 72.4. The van der Waals surface area contributed by atoms with Crippen LogP contribution in [0.1, 0.15) is 29.5 Å². The van der Waals surface area contributed by atoms with Crippen molar-refractivity contribution in [3.05, 3.63) is 235 Å². The van der Waals surface area contributed by atoms with E-state index in [0.29, 0.717) is 5.56 Å². The van der Waals surface area contributed by atoms with Gasteiger partial charge in [-0.15, -0.1) is 0 Å². The third-order valence-electron chi connectivity index (χ3n) is 11.2. The molecule has 0 aliphatic heterocycles. The maximum atomic E-state index is 9.25. The Bertz CT molecular complexity index is 2810. The van der Waals surface area contributed by atoms with Gasteiger partial charge in [0.2, 0.25) is 0 Å². The first kappa shape index (κ1) is 36.9. The molecule has 282 valence electrons. The largest absolute Gasteiger partial charge is 0.355 e. The van der Waals surface area contributed by atoms with Crippen LogP contribution in [0.25, 0.3) is 50.1 Å². The van der Waals surface area contributed by atoms with Gasteiger partial charge in [0.25, 0.3) is 0 Å². The van der Waals surface area contributed by atoms with Gasteiger partial charge in [0, 0.05) is 39.8 Å². The summed E-state index contributed by atoms with van der Waals surface area (Å²) in [4.78, 5) is 0. The Morgan fingerprint density at radius 1 is 0.441 bits per heavy atom. The predicted molar refractivity (Wildman–Crippen MR) is 248 cm³/mol. The summed E-state index contributed by atoms with van der Waals surface area (Å²) < 4.78 is 0. The molecule has 0 aromatic heterocycles. The minimum atomic E-state index is 0.235. The number of benzene rings is 8. The molecule has 3 nitrogen and oxygen atoms in total. The smallest absolute Gasteiger partial charge is 0.0991 e. The lowest BCUT2D eigenvalue weighted by Gasteiger charge is -2.25. The first-order valence-electron chi connectivity index (χ1n) is 20.2. The average Bonchev–Trinajstić information content (AvgIpc) is 3.30. The molecule has 2 unspecified atom stereocenters. The standard InChI is InChI=1S/C56H43N3/c1-39-34-47(48-27-32-56(53(36-48)44-14-7-3-8-15-44)59-51-19-11-18-46(35-51)43-22-20-40(38-57)21-23-43)26-31-52(39)49-28-33-55(54(37-49)45-16-9-4-10-17-45)58-50-29-24-42(25-30-50)41-12-5-2-6-13-41/h2-37,39,52,58-59H,1H3. The van der Waals surface area contributed by atoms with Gasteiger partial charge in [-0.25, -0.2) is 0 Å². The fourth-order valence-corrected chi connectivity index (χ4v) is 8.06. The van der Waals surface area contributed by atoms with Crippen LogP contribution in [-0.2, 0) is 0 Å². The van der Waals surface area contributed by atoms with E-state index >= 15 is 0 Å². The Kier molecular flexibility index (Phi) is 10.5. The molecule has 1 aliphatic rings. The van der Waals surface area contributed by atoms with E-state index in [1.807, 2.05) is 24.3 Å². The van der Waals surface area contributed by atoms with E-state index < -0.39 is 0 Å². The van der Waals surface area contributed by atoms with E-state index in [-0.39, 0.29) is 11.8 Å². The highest BCUT2D eigenvalue weighted by molar-refractivity contribution is 5.88. The number of nitriles is 1. The Hall–Kier alpha value is -7.67. The Balaban J connectivity index is 0.979. The molecule has 9 rings (SSSR count). The van der Waals surface area contributed by atoms with Gasteiger partial charge in [-0.2, -0.15) is 5.26 Å². The van der Waals surface area contributed by atoms with Gasteiger partial charge >= 0.3 is 0 Å². The van der Waals surface area contributed by atoms with Gasteiger partial charge in [-0.05, 0) is 117 Å². The third-order valence-corrected chi connectivity index (χ3v) is 11.2. The minimum absolute atomic E-state index is 0.235. The van der Waals surface area contributed by atoms with Gasteiger partial charge in [0.05, 0.1) is 11.6 Å². The maximum absolute atomic E-state index is 9.25. The fraction of sp³-hybridized carbons (Fsp3) is 0.0536. The zero-order chi connectivity index (χ0) is 40.0. The van der Waals surface area contributed by atoms with Crippen molar-refractivity contribution in [3.63, 3.8) is 0 Å². The predicted octanol–water partition coefficient (Wildman–Crippen LogP) is 15.1. The molecule has 0 radical (unpaired) electrons. The molecule has 0 saturated heterocycles. The van der Waals surface area contributed by atoms with Gasteiger partial charge < -0.3 is 10.6 Å². The van der Waals surface area contributed by atoms with Crippen molar-refractivity contribution in [2.45, 2.75) is 12.8 Å². The maximum Gasteiger partial charge on any atom is 0.0991 e. The van der Waals surface area contributed by atoms with Crippen LogP contribution in [0.4, 0.5) is 22.7 Å². The second-order valence-corrected chi connectivity index (χ2v) is 15.1. The summed E-state index contributed by atoms with van der Waals surface area (Å²) >= 11 is 0. The summed E-state index contributed by atoms with van der Waals surface area (Å²) in [5.41, 5.74) is 17.8. The Morgan fingerprint density at radius 2 is 0.966 bits per heavy atom. The van der Waals surface area contributed by atoms with Crippen molar-refractivity contribution in [1.82, 2.24) is 0 Å². The molecule has 0 amide bonds. The van der Waals surface area contributed by atoms with Crippen LogP contribution in [0.3, 0.4) is 0 Å². The molecule has 59 heavy (non-hydrogen) atoms. The molecule has 2 N–H and O–H groups in total. The fourth-order valence-electron chi connectivity index (χ4n) is 8.06. The van der Waals surface area contributed by atoms with Crippen LogP contribution in [0, 0.1) is 17.2 Å². The summed E-state index contributed by atoms with van der Waals surface area (Å²) in [6.07, 6.45) is 7.10. The number of hydrogen-bond acceptors (Lipinski definition) is 3. The number of rotatable bonds is 10. The van der Waals surface area contributed by atoms with Crippen molar-refractivity contribution in [3.8, 4) is 50.6 Å². The quantitative estimate of drug-likeness (QED) is 0.146. The van der Waals surface area contributed by atoms with E-state index in [1.54, 1.807) is 0 Å². The van der Waals surface area contributed by atoms with Crippen LogP contribution >= 0.6 is 0 Å². The van der Waals surface area contributed by atoms with Crippen LogP contribution in [0.2, 0.25) is 0 Å². The minimum Gasteiger partial charge on any atom is -0.355 e. The summed E-state index contributed by atoms with van der Waals surface area (Å²) in [7, 11) is 0. The molecule has 0 bridgehead atoms. The highest BCUT2D eigenvalue weighted by atomic mass is 14.9. The molecule has 0 spiro atoms. The van der Waals surface area contributed by atoms with E-state index in [1.165, 1.54) is 39.0 Å². The second-order valence-electron chi connectivity index (χ2n) is 15.1. The molecule has 8 aromatic rings. The van der Waals surface area contributed by atoms with Crippen LogP contribution in [0.5, 0.6) is 0 Å². The summed E-state index contributed by atoms with van der Waals surface area (Å²) in [5, 5.41) is 16.7. The lowest BCUT2D eigenvalue weighted by Crippen LogP contribution is -2.10. The molecular formula is C56H43N3. The third kappa shape index (κ3) is 8.26. The number of hydrogen-bond donors (Lipinski definition) is 2. The average molecular weight is 758 g/mol. The van der Waals surface area contributed by atoms with E-state index in [0.717, 1.165) is 45.0 Å². The molecular weight excluding hydrogens is 715 g/mol. The molecule has 2 atom stereocenters. The van der Waals surface area contributed by atoms with Crippen LogP contribution in [0.15, 0.2) is 218 Å². The van der Waals surface area contributed by atoms with Gasteiger partial charge in [0.1, 0.15) is 0 Å². The summed E-state index contributed by atoms with van der Waals surface area (Å²) in [5.74, 6) is 0.518. The van der Waals surface area contributed by atoms with Gasteiger partial charge in [0.15, 0.2) is 0 Å². The SMILES string of the molecule is CC1C=C(c2ccc(Nc3cccc(-c4ccc(C#N)cc4)c3)c(-c3ccccc3)c2)C=CC1c1ccc(Nc2ccc(-c3ccccc3)cc2)c(-c2ccccc2)c1. The van der Waals surface area contributed by atoms with Crippen LogP contribution < -0.4 is 10.6 Å². The molecule has 8 aromatic carbocycles. The second kappa shape index (κ2) is 16.8. The zero-order valence-corrected chi connectivity index (χ0v) is 32.9. The monoisotopic (exact) mass is 757 g/mol. The van der Waals surface area contributed by atoms with E-state index in [2.05, 4.69) is 218 Å². The number of anilines is 4. The first-order valence-corrected chi connectivity index (χ1v) is 20.2. The molecule has 0 saturated carbocycles. The zero-order valence-electron chi connectivity index (χ0n) is 32.9.